The smallest absolute Gasteiger partial charge is 0.326 e. The van der Waals surface area contributed by atoms with Crippen LogP contribution in [0.3, 0.4) is 0 Å². The lowest BCUT2D eigenvalue weighted by Crippen LogP contribution is -2.39. The van der Waals surface area contributed by atoms with Gasteiger partial charge in [-0.3, -0.25) is 4.79 Å². The molecule has 0 bridgehead atoms. The summed E-state index contributed by atoms with van der Waals surface area (Å²) in [6.45, 7) is 0.535. The third kappa shape index (κ3) is 4.37. The Morgan fingerprint density at radius 3 is 2.56 bits per heavy atom. The van der Waals surface area contributed by atoms with Crippen molar-refractivity contribution in [1.82, 2.24) is 14.8 Å². The van der Waals surface area contributed by atoms with Gasteiger partial charge in [0.15, 0.2) is 0 Å². The number of carbonyl (C=O) groups is 1. The van der Waals surface area contributed by atoms with Crippen molar-refractivity contribution in [3.05, 3.63) is 42.5 Å². The Balaban J connectivity index is 1.63. The summed E-state index contributed by atoms with van der Waals surface area (Å²) in [6, 6.07) is 6.99. The molecule has 25 heavy (non-hydrogen) atoms. The number of nitrogens with zero attached hydrogens (tertiary/aromatic N) is 3. The maximum absolute atomic E-state index is 13.1. The van der Waals surface area contributed by atoms with Crippen molar-refractivity contribution in [3.8, 4) is 0 Å². The lowest BCUT2D eigenvalue weighted by atomic mass is 9.78. The number of aromatic nitrogens is 3. The van der Waals surface area contributed by atoms with E-state index in [1.165, 1.54) is 6.33 Å². The number of benzene rings is 1. The summed E-state index contributed by atoms with van der Waals surface area (Å²) in [5, 5.41) is 6.63. The number of hydrogen-bond acceptors (Lipinski definition) is 3. The van der Waals surface area contributed by atoms with Crippen LogP contribution in [0.4, 0.5) is 18.9 Å². The minimum Gasteiger partial charge on any atom is -0.326 e. The number of hydrogen-bond donors (Lipinski definition) is 1. The zero-order valence-corrected chi connectivity index (χ0v) is 13.5. The Hall–Kier alpha value is -2.38. The second-order valence-electron chi connectivity index (χ2n) is 6.32. The van der Waals surface area contributed by atoms with Crippen molar-refractivity contribution in [2.75, 3.05) is 5.32 Å². The van der Waals surface area contributed by atoms with Crippen molar-refractivity contribution in [1.29, 1.82) is 0 Å². The molecular formula is C17H19F3N4O. The van der Waals surface area contributed by atoms with Crippen LogP contribution in [0.2, 0.25) is 0 Å². The molecule has 1 fully saturated rings. The zero-order valence-electron chi connectivity index (χ0n) is 13.5. The van der Waals surface area contributed by atoms with Gasteiger partial charge in [-0.2, -0.15) is 18.3 Å². The summed E-state index contributed by atoms with van der Waals surface area (Å²) in [4.78, 5) is 16.2. The normalized spacial score (nSPS) is 21.1. The van der Waals surface area contributed by atoms with Gasteiger partial charge in [-0.1, -0.05) is 25.0 Å². The van der Waals surface area contributed by atoms with E-state index in [0.29, 0.717) is 25.1 Å². The number of nitrogens with one attached hydrogen (secondary N) is 1. The first-order chi connectivity index (χ1) is 11.9. The first-order valence-electron chi connectivity index (χ1n) is 8.22. The summed E-state index contributed by atoms with van der Waals surface area (Å²) in [6.07, 6.45) is 0.182. The van der Waals surface area contributed by atoms with Crippen LogP contribution in [-0.2, 0) is 11.3 Å². The topological polar surface area (TPSA) is 59.8 Å². The van der Waals surface area contributed by atoms with E-state index in [1.54, 1.807) is 35.3 Å². The van der Waals surface area contributed by atoms with Crippen molar-refractivity contribution >= 4 is 11.6 Å². The van der Waals surface area contributed by atoms with Crippen LogP contribution < -0.4 is 5.32 Å². The van der Waals surface area contributed by atoms with Gasteiger partial charge in [0.05, 0.1) is 12.5 Å². The van der Waals surface area contributed by atoms with Crippen molar-refractivity contribution < 1.29 is 18.0 Å². The monoisotopic (exact) mass is 352 g/mol. The Morgan fingerprint density at radius 1 is 1.20 bits per heavy atom. The average molecular weight is 352 g/mol. The highest BCUT2D eigenvalue weighted by Crippen LogP contribution is 2.41. The van der Waals surface area contributed by atoms with E-state index >= 15 is 0 Å². The van der Waals surface area contributed by atoms with E-state index in [1.807, 2.05) is 0 Å². The fourth-order valence-corrected chi connectivity index (χ4v) is 3.27. The zero-order chi connectivity index (χ0) is 17.9. The van der Waals surface area contributed by atoms with Crippen molar-refractivity contribution in [3.63, 3.8) is 0 Å². The van der Waals surface area contributed by atoms with Crippen LogP contribution in [0.15, 0.2) is 36.9 Å². The fraction of sp³-hybridized carbons (Fsp3) is 0.471. The Morgan fingerprint density at radius 2 is 1.92 bits per heavy atom. The molecule has 3 rings (SSSR count). The van der Waals surface area contributed by atoms with Gasteiger partial charge in [-0.15, -0.1) is 0 Å². The van der Waals surface area contributed by atoms with E-state index in [-0.39, 0.29) is 12.8 Å². The second-order valence-corrected chi connectivity index (χ2v) is 6.32. The van der Waals surface area contributed by atoms with Gasteiger partial charge in [0.2, 0.25) is 5.91 Å². The number of rotatable bonds is 4. The molecule has 1 N–H and O–H groups in total. The summed E-state index contributed by atoms with van der Waals surface area (Å²) >= 11 is 0. The summed E-state index contributed by atoms with van der Waals surface area (Å²) in [7, 11) is 0. The summed E-state index contributed by atoms with van der Waals surface area (Å²) in [5.74, 6) is -3.11. The van der Waals surface area contributed by atoms with Gasteiger partial charge < -0.3 is 5.32 Å². The molecule has 0 spiro atoms. The lowest BCUT2D eigenvalue weighted by Gasteiger charge is -2.32. The molecule has 0 saturated heterocycles. The van der Waals surface area contributed by atoms with Crippen LogP contribution in [0.1, 0.15) is 31.2 Å². The van der Waals surface area contributed by atoms with Gasteiger partial charge in [-0.25, -0.2) is 9.67 Å². The molecule has 8 heteroatoms. The highest BCUT2D eigenvalue weighted by Gasteiger charge is 2.48. The predicted octanol–water partition coefficient (Wildman–Crippen LogP) is 3.63. The minimum absolute atomic E-state index is 0.0262. The van der Waals surface area contributed by atoms with Gasteiger partial charge in [0.25, 0.3) is 0 Å². The van der Waals surface area contributed by atoms with Gasteiger partial charge >= 0.3 is 6.18 Å². The Bertz CT molecular complexity index is 698. The number of alkyl halides is 3. The number of carbonyl (C=O) groups excluding carboxylic acids is 1. The molecule has 0 radical (unpaired) electrons. The molecule has 1 aliphatic carbocycles. The van der Waals surface area contributed by atoms with E-state index in [0.717, 1.165) is 5.56 Å². The maximum atomic E-state index is 13.1. The molecule has 2 atom stereocenters. The molecular weight excluding hydrogens is 333 g/mol. The molecule has 2 unspecified atom stereocenters. The quantitative estimate of drug-likeness (QED) is 0.914. The molecule has 1 saturated carbocycles. The van der Waals surface area contributed by atoms with Crippen LogP contribution >= 0.6 is 0 Å². The standard InChI is InChI=1S/C17H19F3N4O/c18-17(19,20)15-4-2-1-3-14(15)16(25)23-13-7-5-12(6-8-13)9-24-11-21-10-22-24/h5-8,10-11,14-15H,1-4,9H2,(H,23,25). The highest BCUT2D eigenvalue weighted by molar-refractivity contribution is 5.92. The molecule has 134 valence electrons. The lowest BCUT2D eigenvalue weighted by molar-refractivity contribution is -0.197. The second kappa shape index (κ2) is 7.25. The fourth-order valence-electron chi connectivity index (χ4n) is 3.27. The Labute approximate surface area is 143 Å². The summed E-state index contributed by atoms with van der Waals surface area (Å²) < 4.78 is 41.0. The number of anilines is 1. The van der Waals surface area contributed by atoms with E-state index in [9.17, 15) is 18.0 Å². The SMILES string of the molecule is O=C(Nc1ccc(Cn2cncn2)cc1)C1CCCCC1C(F)(F)F. The number of amides is 1. The molecule has 1 aliphatic rings. The molecule has 0 aliphatic heterocycles. The molecule has 1 amide bonds. The van der Waals surface area contributed by atoms with Crippen LogP contribution in [0.25, 0.3) is 0 Å². The average Bonchev–Trinajstić information content (AvgIpc) is 3.09. The first kappa shape index (κ1) is 17.4. The highest BCUT2D eigenvalue weighted by atomic mass is 19.4. The summed E-state index contributed by atoms with van der Waals surface area (Å²) in [5.41, 5.74) is 1.45. The maximum Gasteiger partial charge on any atom is 0.392 e. The van der Waals surface area contributed by atoms with E-state index in [2.05, 4.69) is 15.4 Å². The molecule has 2 aromatic rings. The van der Waals surface area contributed by atoms with Crippen LogP contribution in [0.5, 0.6) is 0 Å². The predicted molar refractivity (Wildman–Crippen MR) is 85.7 cm³/mol. The third-order valence-electron chi connectivity index (χ3n) is 4.56. The third-order valence-corrected chi connectivity index (χ3v) is 4.56. The Kier molecular flexibility index (Phi) is 5.06. The van der Waals surface area contributed by atoms with Crippen molar-refractivity contribution in [2.24, 2.45) is 11.8 Å². The number of halogens is 3. The molecule has 1 heterocycles. The van der Waals surface area contributed by atoms with Crippen LogP contribution in [-0.4, -0.2) is 26.8 Å². The van der Waals surface area contributed by atoms with Crippen LogP contribution in [0, 0.1) is 11.8 Å². The minimum atomic E-state index is -4.33. The largest absolute Gasteiger partial charge is 0.392 e. The molecule has 1 aromatic carbocycles. The van der Waals surface area contributed by atoms with E-state index in [4.69, 9.17) is 0 Å². The van der Waals surface area contributed by atoms with Gasteiger partial charge in [-0.05, 0) is 30.5 Å². The molecule has 1 aromatic heterocycles. The van der Waals surface area contributed by atoms with Gasteiger partial charge in [0, 0.05) is 11.6 Å². The van der Waals surface area contributed by atoms with E-state index < -0.39 is 23.9 Å². The van der Waals surface area contributed by atoms with Gasteiger partial charge in [0.1, 0.15) is 12.7 Å². The first-order valence-corrected chi connectivity index (χ1v) is 8.22. The molecule has 5 nitrogen and oxygen atoms in total. The van der Waals surface area contributed by atoms with Crippen molar-refractivity contribution in [2.45, 2.75) is 38.4 Å².